The standard InChI is InChI=1S/C15H17BrF4O/c16-12-5-9(6-13(17)8-12)7-14(21)10-1-3-11(4-2-10)15(18,19)20/h5-6,8,10-11,14,21H,1-4,7H2. The Labute approximate surface area is 129 Å². The van der Waals surface area contributed by atoms with E-state index in [1.54, 1.807) is 6.07 Å². The van der Waals surface area contributed by atoms with Gasteiger partial charge in [-0.1, -0.05) is 15.9 Å². The van der Waals surface area contributed by atoms with Gasteiger partial charge in [0.05, 0.1) is 12.0 Å². The second-order valence-electron chi connectivity index (χ2n) is 5.70. The van der Waals surface area contributed by atoms with Crippen LogP contribution in [-0.2, 0) is 6.42 Å². The van der Waals surface area contributed by atoms with Crippen molar-refractivity contribution in [1.29, 1.82) is 0 Å². The van der Waals surface area contributed by atoms with Crippen molar-refractivity contribution in [1.82, 2.24) is 0 Å². The van der Waals surface area contributed by atoms with Gasteiger partial charge in [0.2, 0.25) is 0 Å². The molecule has 0 saturated heterocycles. The van der Waals surface area contributed by atoms with E-state index in [0.29, 0.717) is 22.9 Å². The summed E-state index contributed by atoms with van der Waals surface area (Å²) in [6, 6.07) is 4.38. The third-order valence-corrected chi connectivity index (χ3v) is 4.60. The minimum Gasteiger partial charge on any atom is -0.392 e. The van der Waals surface area contributed by atoms with Crippen LogP contribution < -0.4 is 0 Å². The fourth-order valence-electron chi connectivity index (χ4n) is 2.97. The van der Waals surface area contributed by atoms with E-state index in [1.165, 1.54) is 12.1 Å². The van der Waals surface area contributed by atoms with Gasteiger partial charge in [-0.05, 0) is 61.8 Å². The minimum absolute atomic E-state index is 0.0675. The first kappa shape index (κ1) is 16.7. The van der Waals surface area contributed by atoms with Crippen LogP contribution in [0.3, 0.4) is 0 Å². The Morgan fingerprint density at radius 1 is 1.14 bits per heavy atom. The number of benzene rings is 1. The number of aliphatic hydroxyl groups is 1. The maximum absolute atomic E-state index is 13.3. The van der Waals surface area contributed by atoms with E-state index in [-0.39, 0.29) is 25.2 Å². The Balaban J connectivity index is 1.91. The van der Waals surface area contributed by atoms with E-state index in [4.69, 9.17) is 0 Å². The van der Waals surface area contributed by atoms with Crippen LogP contribution in [0.15, 0.2) is 22.7 Å². The van der Waals surface area contributed by atoms with Gasteiger partial charge >= 0.3 is 6.18 Å². The molecular weight excluding hydrogens is 352 g/mol. The molecule has 1 saturated carbocycles. The molecule has 0 heterocycles. The monoisotopic (exact) mass is 368 g/mol. The van der Waals surface area contributed by atoms with Crippen molar-refractivity contribution in [3.63, 3.8) is 0 Å². The average Bonchev–Trinajstić information content (AvgIpc) is 2.36. The average molecular weight is 369 g/mol. The quantitative estimate of drug-likeness (QED) is 0.755. The number of halogens is 5. The number of hydrogen-bond donors (Lipinski definition) is 1. The summed E-state index contributed by atoms with van der Waals surface area (Å²) >= 11 is 3.18. The van der Waals surface area contributed by atoms with Gasteiger partial charge in [0.25, 0.3) is 0 Å². The maximum Gasteiger partial charge on any atom is 0.391 e. The van der Waals surface area contributed by atoms with Gasteiger partial charge in [0.15, 0.2) is 0 Å². The highest BCUT2D eigenvalue weighted by Crippen LogP contribution is 2.40. The van der Waals surface area contributed by atoms with Crippen molar-refractivity contribution >= 4 is 15.9 Å². The molecule has 1 fully saturated rings. The van der Waals surface area contributed by atoms with Crippen molar-refractivity contribution in [3.8, 4) is 0 Å². The Bertz CT molecular complexity index is 461. The molecule has 1 aliphatic rings. The lowest BCUT2D eigenvalue weighted by molar-refractivity contribution is -0.185. The lowest BCUT2D eigenvalue weighted by Gasteiger charge is -2.32. The first-order valence-electron chi connectivity index (χ1n) is 6.95. The van der Waals surface area contributed by atoms with E-state index in [1.807, 2.05) is 0 Å². The first-order chi connectivity index (χ1) is 9.75. The molecule has 1 unspecified atom stereocenters. The molecule has 1 nitrogen and oxygen atoms in total. The fraction of sp³-hybridized carbons (Fsp3) is 0.600. The number of alkyl halides is 3. The van der Waals surface area contributed by atoms with E-state index in [2.05, 4.69) is 15.9 Å². The molecule has 0 bridgehead atoms. The van der Waals surface area contributed by atoms with E-state index < -0.39 is 24.0 Å². The third-order valence-electron chi connectivity index (χ3n) is 4.15. The summed E-state index contributed by atoms with van der Waals surface area (Å²) < 4.78 is 51.6. The predicted octanol–water partition coefficient (Wildman–Crippen LogP) is 4.86. The van der Waals surface area contributed by atoms with Gasteiger partial charge in [-0.3, -0.25) is 0 Å². The number of hydrogen-bond acceptors (Lipinski definition) is 1. The van der Waals surface area contributed by atoms with Crippen LogP contribution in [-0.4, -0.2) is 17.4 Å². The predicted molar refractivity (Wildman–Crippen MR) is 75.3 cm³/mol. The highest BCUT2D eigenvalue weighted by molar-refractivity contribution is 9.10. The molecule has 21 heavy (non-hydrogen) atoms. The van der Waals surface area contributed by atoms with Crippen LogP contribution in [0, 0.1) is 17.7 Å². The number of aliphatic hydroxyl groups excluding tert-OH is 1. The highest BCUT2D eigenvalue weighted by atomic mass is 79.9. The summed E-state index contributed by atoms with van der Waals surface area (Å²) in [5.41, 5.74) is 0.646. The van der Waals surface area contributed by atoms with Crippen LogP contribution in [0.2, 0.25) is 0 Å². The Morgan fingerprint density at radius 2 is 1.76 bits per heavy atom. The second kappa shape index (κ2) is 6.65. The molecule has 0 spiro atoms. The van der Waals surface area contributed by atoms with Crippen LogP contribution in [0.25, 0.3) is 0 Å². The molecule has 0 radical (unpaired) electrons. The van der Waals surface area contributed by atoms with Crippen molar-refractivity contribution in [2.24, 2.45) is 11.8 Å². The zero-order valence-electron chi connectivity index (χ0n) is 11.3. The maximum atomic E-state index is 13.3. The van der Waals surface area contributed by atoms with Crippen LogP contribution >= 0.6 is 15.9 Å². The van der Waals surface area contributed by atoms with E-state index in [0.717, 1.165) is 0 Å². The summed E-state index contributed by atoms with van der Waals surface area (Å²) in [5.74, 6) is -1.79. The summed E-state index contributed by atoms with van der Waals surface area (Å²) in [7, 11) is 0. The molecule has 118 valence electrons. The zero-order chi connectivity index (χ0) is 15.6. The molecule has 1 aromatic carbocycles. The molecule has 0 aliphatic heterocycles. The summed E-state index contributed by atoms with van der Waals surface area (Å²) in [6.07, 6.45) is -3.74. The molecule has 2 rings (SSSR count). The largest absolute Gasteiger partial charge is 0.392 e. The molecule has 1 aromatic rings. The van der Waals surface area contributed by atoms with Crippen molar-refractivity contribution in [2.45, 2.75) is 44.4 Å². The third kappa shape index (κ3) is 4.68. The smallest absolute Gasteiger partial charge is 0.391 e. The van der Waals surface area contributed by atoms with Gasteiger partial charge in [-0.15, -0.1) is 0 Å². The van der Waals surface area contributed by atoms with Gasteiger partial charge in [-0.2, -0.15) is 13.2 Å². The van der Waals surface area contributed by atoms with E-state index >= 15 is 0 Å². The fourth-order valence-corrected chi connectivity index (χ4v) is 3.48. The van der Waals surface area contributed by atoms with Crippen molar-refractivity contribution in [2.75, 3.05) is 0 Å². The lowest BCUT2D eigenvalue weighted by Crippen LogP contribution is -2.32. The summed E-state index contributed by atoms with van der Waals surface area (Å²) in [4.78, 5) is 0. The molecule has 0 amide bonds. The highest BCUT2D eigenvalue weighted by Gasteiger charge is 2.42. The summed E-state index contributed by atoms with van der Waals surface area (Å²) in [5, 5.41) is 10.2. The van der Waals surface area contributed by atoms with Crippen molar-refractivity contribution in [3.05, 3.63) is 34.1 Å². The SMILES string of the molecule is OC(Cc1cc(F)cc(Br)c1)C1CCC(C(F)(F)F)CC1. The van der Waals surface area contributed by atoms with Gasteiger partial charge in [-0.25, -0.2) is 4.39 Å². The molecule has 1 aliphatic carbocycles. The van der Waals surface area contributed by atoms with Crippen molar-refractivity contribution < 1.29 is 22.7 Å². The summed E-state index contributed by atoms with van der Waals surface area (Å²) in [6.45, 7) is 0. The number of rotatable bonds is 3. The molecule has 6 heteroatoms. The molecule has 1 N–H and O–H groups in total. The van der Waals surface area contributed by atoms with E-state index in [9.17, 15) is 22.7 Å². The van der Waals surface area contributed by atoms with Crippen LogP contribution in [0.4, 0.5) is 17.6 Å². The normalized spacial score (nSPS) is 24.9. The minimum atomic E-state index is -4.14. The molecule has 1 atom stereocenters. The zero-order valence-corrected chi connectivity index (χ0v) is 12.9. The molecular formula is C15H17BrF4O. The molecule has 0 aromatic heterocycles. The van der Waals surface area contributed by atoms with Crippen LogP contribution in [0.1, 0.15) is 31.2 Å². The lowest BCUT2D eigenvalue weighted by atomic mass is 9.78. The van der Waals surface area contributed by atoms with Gasteiger partial charge in [0, 0.05) is 4.47 Å². The van der Waals surface area contributed by atoms with Gasteiger partial charge in [0.1, 0.15) is 5.82 Å². The Kier molecular flexibility index (Phi) is 5.30. The topological polar surface area (TPSA) is 20.2 Å². The van der Waals surface area contributed by atoms with Gasteiger partial charge < -0.3 is 5.11 Å². The first-order valence-corrected chi connectivity index (χ1v) is 7.74. The Hall–Kier alpha value is -0.620. The second-order valence-corrected chi connectivity index (χ2v) is 6.62. The Morgan fingerprint density at radius 3 is 2.29 bits per heavy atom. The van der Waals surface area contributed by atoms with Crippen LogP contribution in [0.5, 0.6) is 0 Å².